The van der Waals surface area contributed by atoms with E-state index in [1.54, 1.807) is 4.90 Å². The van der Waals surface area contributed by atoms with Crippen LogP contribution in [0, 0.1) is 5.92 Å². The van der Waals surface area contributed by atoms with Crippen LogP contribution in [0.5, 0.6) is 0 Å². The van der Waals surface area contributed by atoms with Crippen molar-refractivity contribution in [3.63, 3.8) is 0 Å². The molecule has 1 aliphatic heterocycles. The van der Waals surface area contributed by atoms with Crippen molar-refractivity contribution in [2.24, 2.45) is 5.92 Å². The molecule has 2 fully saturated rings. The highest BCUT2D eigenvalue weighted by molar-refractivity contribution is 7.05. The van der Waals surface area contributed by atoms with Gasteiger partial charge < -0.3 is 9.64 Å². The number of amides is 1. The molecule has 0 radical (unpaired) electrons. The van der Waals surface area contributed by atoms with Gasteiger partial charge in [0.15, 0.2) is 0 Å². The van der Waals surface area contributed by atoms with Crippen LogP contribution in [0.4, 0.5) is 13.2 Å². The lowest BCUT2D eigenvalue weighted by molar-refractivity contribution is -0.134. The quantitative estimate of drug-likeness (QED) is 0.856. The number of aromatic nitrogens is 1. The Kier molecular flexibility index (Phi) is 3.92. The Morgan fingerprint density at radius 1 is 1.43 bits per heavy atom. The third-order valence-electron chi connectivity index (χ3n) is 3.69. The number of hydrogen-bond acceptors (Lipinski definition) is 4. The van der Waals surface area contributed by atoms with E-state index in [0.717, 1.165) is 25.3 Å². The van der Waals surface area contributed by atoms with Gasteiger partial charge in [-0.05, 0) is 36.9 Å². The van der Waals surface area contributed by atoms with Crippen LogP contribution in [0.3, 0.4) is 0 Å². The molecule has 21 heavy (non-hydrogen) atoms. The number of likely N-dealkylation sites (tertiary alicyclic amines) is 1. The van der Waals surface area contributed by atoms with Gasteiger partial charge in [0, 0.05) is 19.0 Å². The van der Waals surface area contributed by atoms with E-state index in [2.05, 4.69) is 4.37 Å². The van der Waals surface area contributed by atoms with Crippen LogP contribution in [0.15, 0.2) is 6.07 Å². The van der Waals surface area contributed by atoms with Crippen molar-refractivity contribution in [1.82, 2.24) is 9.27 Å². The van der Waals surface area contributed by atoms with Gasteiger partial charge in [0.25, 0.3) is 0 Å². The molecule has 1 atom stereocenters. The third-order valence-corrected chi connectivity index (χ3v) is 4.56. The van der Waals surface area contributed by atoms with E-state index in [0.29, 0.717) is 30.3 Å². The minimum atomic E-state index is -4.35. The zero-order chi connectivity index (χ0) is 15.0. The van der Waals surface area contributed by atoms with Gasteiger partial charge in [0.2, 0.25) is 5.91 Å². The van der Waals surface area contributed by atoms with Gasteiger partial charge in [-0.2, -0.15) is 17.5 Å². The number of alkyl halides is 3. The van der Waals surface area contributed by atoms with E-state index in [-0.39, 0.29) is 24.5 Å². The molecule has 2 heterocycles. The van der Waals surface area contributed by atoms with Crippen molar-refractivity contribution < 1.29 is 22.7 Å². The van der Waals surface area contributed by atoms with Crippen LogP contribution in [0.1, 0.15) is 29.8 Å². The maximum absolute atomic E-state index is 12.4. The second-order valence-corrected chi connectivity index (χ2v) is 6.27. The predicted molar refractivity (Wildman–Crippen MR) is 69.6 cm³/mol. The van der Waals surface area contributed by atoms with E-state index in [1.807, 2.05) is 0 Å². The Labute approximate surface area is 124 Å². The van der Waals surface area contributed by atoms with Crippen molar-refractivity contribution in [3.05, 3.63) is 16.6 Å². The van der Waals surface area contributed by atoms with Crippen molar-refractivity contribution in [2.45, 2.75) is 38.1 Å². The van der Waals surface area contributed by atoms with E-state index in [4.69, 9.17) is 4.74 Å². The summed E-state index contributed by atoms with van der Waals surface area (Å²) in [6.45, 7) is 1.26. The minimum absolute atomic E-state index is 0.0582. The number of carbonyl (C=O) groups is 1. The molecule has 116 valence electrons. The summed E-state index contributed by atoms with van der Waals surface area (Å²) < 4.78 is 46.7. The van der Waals surface area contributed by atoms with Crippen LogP contribution in [0.25, 0.3) is 0 Å². The highest BCUT2D eigenvalue weighted by Gasteiger charge is 2.37. The Balaban J connectivity index is 1.47. The fraction of sp³-hybridized carbons (Fsp3) is 0.692. The lowest BCUT2D eigenvalue weighted by Crippen LogP contribution is -2.31. The molecule has 0 aromatic carbocycles. The number of nitrogens with zero attached hydrogens (tertiary/aromatic N) is 2. The van der Waals surface area contributed by atoms with Crippen LogP contribution in [-0.2, 0) is 22.3 Å². The molecular weight excluding hydrogens is 305 g/mol. The number of halogens is 3. The largest absolute Gasteiger partial charge is 0.427 e. The van der Waals surface area contributed by atoms with Gasteiger partial charge in [-0.1, -0.05) is 0 Å². The molecule has 2 aliphatic rings. The summed E-state index contributed by atoms with van der Waals surface area (Å²) >= 11 is 0.437. The van der Waals surface area contributed by atoms with Crippen LogP contribution in [-0.4, -0.2) is 34.4 Å². The smallest absolute Gasteiger partial charge is 0.370 e. The summed E-state index contributed by atoms with van der Waals surface area (Å²) in [5.74, 6) is 0.380. The lowest BCUT2D eigenvalue weighted by Gasteiger charge is -2.16. The summed E-state index contributed by atoms with van der Waals surface area (Å²) in [5, 5.41) is 0. The molecule has 1 aromatic rings. The molecule has 1 saturated carbocycles. The molecule has 0 spiro atoms. The van der Waals surface area contributed by atoms with Crippen molar-refractivity contribution in [2.75, 3.05) is 13.1 Å². The number of carbonyl (C=O) groups excluding carboxylic acids is 1. The van der Waals surface area contributed by atoms with Gasteiger partial charge in [-0.3, -0.25) is 4.79 Å². The fourth-order valence-corrected chi connectivity index (χ4v) is 2.98. The second-order valence-electron chi connectivity index (χ2n) is 5.46. The maximum atomic E-state index is 12.4. The van der Waals surface area contributed by atoms with Gasteiger partial charge in [-0.15, -0.1) is 0 Å². The summed E-state index contributed by atoms with van der Waals surface area (Å²) in [5.41, 5.74) is 0.291. The summed E-state index contributed by atoms with van der Waals surface area (Å²) in [6.07, 6.45) is -1.78. The molecule has 1 unspecified atom stereocenters. The van der Waals surface area contributed by atoms with Gasteiger partial charge in [0.05, 0.1) is 18.4 Å². The highest BCUT2D eigenvalue weighted by Crippen LogP contribution is 2.34. The standard InChI is InChI=1S/C13H15F3N2O2S/c14-13(15,16)11-5-9(17-21-11)7-20-10-3-4-18(6-10)12(19)8-1-2-8/h5,8,10H,1-4,6-7H2. The monoisotopic (exact) mass is 320 g/mol. The van der Waals surface area contributed by atoms with Crippen molar-refractivity contribution in [3.8, 4) is 0 Å². The summed E-state index contributed by atoms with van der Waals surface area (Å²) in [4.78, 5) is 13.0. The Morgan fingerprint density at radius 3 is 2.81 bits per heavy atom. The molecule has 0 bridgehead atoms. The van der Waals surface area contributed by atoms with E-state index in [9.17, 15) is 18.0 Å². The average Bonchev–Trinajstić information content (AvgIpc) is 2.97. The first-order chi connectivity index (χ1) is 9.93. The molecule has 3 rings (SSSR count). The van der Waals surface area contributed by atoms with Crippen molar-refractivity contribution in [1.29, 1.82) is 0 Å². The molecule has 1 amide bonds. The number of ether oxygens (including phenoxy) is 1. The molecule has 4 nitrogen and oxygen atoms in total. The Bertz CT molecular complexity index is 528. The Hall–Kier alpha value is -1.15. The maximum Gasteiger partial charge on any atom is 0.427 e. The first-order valence-corrected chi connectivity index (χ1v) is 7.64. The second kappa shape index (κ2) is 5.57. The van der Waals surface area contributed by atoms with Crippen LogP contribution >= 0.6 is 11.5 Å². The molecule has 8 heteroatoms. The number of rotatable bonds is 4. The van der Waals surface area contributed by atoms with Gasteiger partial charge >= 0.3 is 6.18 Å². The summed E-state index contributed by atoms with van der Waals surface area (Å²) in [7, 11) is 0. The fourth-order valence-electron chi connectivity index (χ4n) is 2.37. The molecule has 1 saturated heterocycles. The third kappa shape index (κ3) is 3.55. The minimum Gasteiger partial charge on any atom is -0.370 e. The van der Waals surface area contributed by atoms with Gasteiger partial charge in [-0.25, -0.2) is 0 Å². The van der Waals surface area contributed by atoms with E-state index in [1.165, 1.54) is 0 Å². The molecule has 1 aromatic heterocycles. The zero-order valence-electron chi connectivity index (χ0n) is 11.2. The van der Waals surface area contributed by atoms with Gasteiger partial charge in [0.1, 0.15) is 4.88 Å². The predicted octanol–water partition coefficient (Wildman–Crippen LogP) is 2.69. The van der Waals surface area contributed by atoms with Crippen LogP contribution in [0.2, 0.25) is 0 Å². The lowest BCUT2D eigenvalue weighted by atomic mass is 10.3. The van der Waals surface area contributed by atoms with E-state index >= 15 is 0 Å². The first-order valence-electron chi connectivity index (χ1n) is 6.86. The molecule has 1 aliphatic carbocycles. The first kappa shape index (κ1) is 14.8. The highest BCUT2D eigenvalue weighted by atomic mass is 32.1. The number of hydrogen-bond donors (Lipinski definition) is 0. The topological polar surface area (TPSA) is 42.4 Å². The normalized spacial score (nSPS) is 22.8. The molecule has 0 N–H and O–H groups in total. The summed E-state index contributed by atoms with van der Waals surface area (Å²) in [6, 6.07) is 1.02. The average molecular weight is 320 g/mol. The van der Waals surface area contributed by atoms with E-state index < -0.39 is 11.1 Å². The Morgan fingerprint density at radius 2 is 2.19 bits per heavy atom. The zero-order valence-corrected chi connectivity index (χ0v) is 12.0. The SMILES string of the molecule is O=C(C1CC1)N1CCC(OCc2cc(C(F)(F)F)sn2)C1. The van der Waals surface area contributed by atoms with Crippen LogP contribution < -0.4 is 0 Å². The molecular formula is C13H15F3N2O2S. The van der Waals surface area contributed by atoms with Crippen molar-refractivity contribution >= 4 is 17.4 Å².